The van der Waals surface area contributed by atoms with Gasteiger partial charge in [0, 0.05) is 0 Å². The molecule has 2 aromatic carbocycles. The second-order valence-electron chi connectivity index (χ2n) is 3.88. The van der Waals surface area contributed by atoms with E-state index in [0.29, 0.717) is 0 Å². The van der Waals surface area contributed by atoms with E-state index in [9.17, 15) is 21.6 Å². The summed E-state index contributed by atoms with van der Waals surface area (Å²) in [4.78, 5) is 11.2. The van der Waals surface area contributed by atoms with Crippen molar-refractivity contribution < 1.29 is 21.6 Å². The second kappa shape index (κ2) is 5.18. The molecule has 0 saturated heterocycles. The molecule has 0 fully saturated rings. The summed E-state index contributed by atoms with van der Waals surface area (Å²) in [6.45, 7) is 0. The molecule has 2 aromatic rings. The Labute approximate surface area is 116 Å². The molecule has 0 unspecified atom stereocenters. The van der Waals surface area contributed by atoms with Gasteiger partial charge in [-0.25, -0.2) is 16.8 Å². The van der Waals surface area contributed by atoms with Crippen LogP contribution in [0.4, 0.5) is 4.79 Å². The first-order valence-electron chi connectivity index (χ1n) is 5.51. The fourth-order valence-corrected chi connectivity index (χ4v) is 4.68. The molecule has 0 N–H and O–H groups in total. The van der Waals surface area contributed by atoms with Crippen molar-refractivity contribution in [3.05, 3.63) is 60.7 Å². The van der Waals surface area contributed by atoms with Gasteiger partial charge >= 0.3 is 4.45 Å². The van der Waals surface area contributed by atoms with Gasteiger partial charge in [0.05, 0.1) is 9.79 Å². The molecule has 0 aliphatic rings. The van der Waals surface area contributed by atoms with Gasteiger partial charge in [-0.05, 0) is 24.3 Å². The maximum absolute atomic E-state index is 12.0. The maximum atomic E-state index is 12.0. The highest BCUT2D eigenvalue weighted by atomic mass is 32.3. The van der Waals surface area contributed by atoms with Crippen LogP contribution >= 0.6 is 0 Å². The highest BCUT2D eigenvalue weighted by Gasteiger charge is 2.37. The maximum Gasteiger partial charge on any atom is 0.369 e. The minimum Gasteiger partial charge on any atom is -0.262 e. The summed E-state index contributed by atoms with van der Waals surface area (Å²) in [6.07, 6.45) is 0. The molecule has 0 spiro atoms. The van der Waals surface area contributed by atoms with Crippen molar-refractivity contribution in [1.29, 1.82) is 0 Å². The number of carbonyl (C=O) groups excluding carboxylic acids is 1. The van der Waals surface area contributed by atoms with Crippen molar-refractivity contribution in [3.8, 4) is 0 Å². The largest absolute Gasteiger partial charge is 0.369 e. The lowest BCUT2D eigenvalue weighted by Gasteiger charge is -2.04. The number of sulfone groups is 2. The highest BCUT2D eigenvalue weighted by Crippen LogP contribution is 2.20. The van der Waals surface area contributed by atoms with Crippen LogP contribution < -0.4 is 0 Å². The number of benzene rings is 2. The summed E-state index contributed by atoms with van der Waals surface area (Å²) in [5.74, 6) is 0. The van der Waals surface area contributed by atoms with Gasteiger partial charge in [0.15, 0.2) is 0 Å². The molecule has 5 nitrogen and oxygen atoms in total. The molecule has 104 valence electrons. The van der Waals surface area contributed by atoms with E-state index in [1.807, 2.05) is 0 Å². The van der Waals surface area contributed by atoms with E-state index < -0.39 is 24.1 Å². The molecule has 0 saturated carbocycles. The van der Waals surface area contributed by atoms with Crippen LogP contribution in [0.3, 0.4) is 0 Å². The number of hydrogen-bond acceptors (Lipinski definition) is 5. The zero-order valence-electron chi connectivity index (χ0n) is 10.1. The molecule has 0 amide bonds. The first-order chi connectivity index (χ1) is 9.37. The first-order valence-corrected chi connectivity index (χ1v) is 8.47. The summed E-state index contributed by atoms with van der Waals surface area (Å²) in [6, 6.07) is 13.5. The van der Waals surface area contributed by atoms with Crippen LogP contribution in [0.2, 0.25) is 0 Å². The van der Waals surface area contributed by atoms with E-state index in [-0.39, 0.29) is 9.79 Å². The molecule has 20 heavy (non-hydrogen) atoms. The van der Waals surface area contributed by atoms with Gasteiger partial charge < -0.3 is 0 Å². The van der Waals surface area contributed by atoms with Crippen LogP contribution in [0.15, 0.2) is 70.5 Å². The zero-order chi connectivity index (χ0) is 14.8. The van der Waals surface area contributed by atoms with Crippen molar-refractivity contribution in [2.75, 3.05) is 0 Å². The standard InChI is InChI=1S/C13H10O5S2/c14-13(19(15,16)11-7-3-1-4-8-11)20(17,18)12-9-5-2-6-10-12/h1-10H. The molecule has 2 rings (SSSR count). The Balaban J connectivity index is 2.53. The monoisotopic (exact) mass is 310 g/mol. The molecule has 0 atom stereocenters. The van der Waals surface area contributed by atoms with Crippen molar-refractivity contribution >= 4 is 24.1 Å². The predicted octanol–water partition coefficient (Wildman–Crippen LogP) is 2.05. The SMILES string of the molecule is O=C(S(=O)(=O)c1ccccc1)S(=O)(=O)c1ccccc1. The van der Waals surface area contributed by atoms with E-state index in [0.717, 1.165) is 0 Å². The van der Waals surface area contributed by atoms with E-state index in [2.05, 4.69) is 0 Å². The summed E-state index contributed by atoms with van der Waals surface area (Å²) in [7, 11) is -9.14. The average Bonchev–Trinajstić information content (AvgIpc) is 2.48. The van der Waals surface area contributed by atoms with E-state index in [4.69, 9.17) is 0 Å². The Hall–Kier alpha value is -1.99. The van der Waals surface area contributed by atoms with Gasteiger partial charge in [0.2, 0.25) is 0 Å². The van der Waals surface area contributed by atoms with Crippen LogP contribution in [0.1, 0.15) is 0 Å². The zero-order valence-corrected chi connectivity index (χ0v) is 11.8. The molecular formula is C13H10O5S2. The first kappa shape index (κ1) is 14.4. The number of rotatable bonds is 2. The van der Waals surface area contributed by atoms with Crippen molar-refractivity contribution in [3.63, 3.8) is 0 Å². The molecule has 0 aromatic heterocycles. The van der Waals surface area contributed by atoms with Crippen LogP contribution in [-0.2, 0) is 19.7 Å². The lowest BCUT2D eigenvalue weighted by Crippen LogP contribution is -2.23. The lowest BCUT2D eigenvalue weighted by molar-refractivity contribution is 0.272. The normalized spacial score (nSPS) is 12.0. The molecule has 0 bridgehead atoms. The van der Waals surface area contributed by atoms with E-state index in [1.54, 1.807) is 12.1 Å². The Morgan fingerprint density at radius 3 is 1.20 bits per heavy atom. The van der Waals surface area contributed by atoms with Crippen LogP contribution in [0, 0.1) is 0 Å². The quantitative estimate of drug-likeness (QED) is 0.847. The minimum atomic E-state index is -4.57. The number of carbonyl (C=O) groups is 1. The third-order valence-corrected chi connectivity index (χ3v) is 6.53. The van der Waals surface area contributed by atoms with Crippen LogP contribution in [0.5, 0.6) is 0 Å². The Morgan fingerprint density at radius 1 is 0.600 bits per heavy atom. The summed E-state index contributed by atoms with van der Waals surface area (Å²) < 4.78 is 46.3. The molecule has 7 heteroatoms. The fourth-order valence-electron chi connectivity index (χ4n) is 1.54. The summed E-state index contributed by atoms with van der Waals surface area (Å²) in [5, 5.41) is 0. The minimum absolute atomic E-state index is 0.343. The van der Waals surface area contributed by atoms with Crippen molar-refractivity contribution in [1.82, 2.24) is 0 Å². The molecule has 0 aliphatic carbocycles. The molecular weight excluding hydrogens is 300 g/mol. The molecule has 0 heterocycles. The summed E-state index contributed by atoms with van der Waals surface area (Å²) in [5.41, 5.74) is 0. The topological polar surface area (TPSA) is 85.3 Å². The van der Waals surface area contributed by atoms with E-state index in [1.165, 1.54) is 48.5 Å². The third-order valence-electron chi connectivity index (χ3n) is 2.55. The summed E-state index contributed by atoms with van der Waals surface area (Å²) >= 11 is 0. The Kier molecular flexibility index (Phi) is 3.74. The fraction of sp³-hybridized carbons (Fsp3) is 0. The van der Waals surface area contributed by atoms with Gasteiger partial charge in [-0.3, -0.25) is 4.79 Å². The molecule has 0 radical (unpaired) electrons. The van der Waals surface area contributed by atoms with E-state index >= 15 is 0 Å². The smallest absolute Gasteiger partial charge is 0.262 e. The van der Waals surface area contributed by atoms with Crippen LogP contribution in [-0.4, -0.2) is 21.3 Å². The highest BCUT2D eigenvalue weighted by molar-refractivity contribution is 8.31. The van der Waals surface area contributed by atoms with Gasteiger partial charge in [-0.2, -0.15) is 0 Å². The van der Waals surface area contributed by atoms with Gasteiger partial charge in [0.25, 0.3) is 19.7 Å². The predicted molar refractivity (Wildman–Crippen MR) is 72.7 cm³/mol. The van der Waals surface area contributed by atoms with Crippen LogP contribution in [0.25, 0.3) is 0 Å². The van der Waals surface area contributed by atoms with Crippen molar-refractivity contribution in [2.45, 2.75) is 9.79 Å². The molecule has 0 aliphatic heterocycles. The number of hydrogen-bond donors (Lipinski definition) is 0. The Bertz CT molecular complexity index is 751. The van der Waals surface area contributed by atoms with Gasteiger partial charge in [-0.15, -0.1) is 0 Å². The van der Waals surface area contributed by atoms with Gasteiger partial charge in [0.1, 0.15) is 0 Å². The average molecular weight is 310 g/mol. The van der Waals surface area contributed by atoms with Gasteiger partial charge in [-0.1, -0.05) is 36.4 Å². The van der Waals surface area contributed by atoms with Crippen molar-refractivity contribution in [2.24, 2.45) is 0 Å². The lowest BCUT2D eigenvalue weighted by atomic mass is 10.4. The Morgan fingerprint density at radius 2 is 0.900 bits per heavy atom. The second-order valence-corrected chi connectivity index (χ2v) is 7.84. The third kappa shape index (κ3) is 2.50.